The first-order valence-electron chi connectivity index (χ1n) is 6.73. The first-order chi connectivity index (χ1) is 8.52. The summed E-state index contributed by atoms with van der Waals surface area (Å²) < 4.78 is 4.99. The molecule has 1 fully saturated rings. The largest absolute Gasteiger partial charge is 0.393 e. The van der Waals surface area contributed by atoms with Crippen molar-refractivity contribution in [3.63, 3.8) is 0 Å². The molecule has 1 aliphatic rings. The second-order valence-electron chi connectivity index (χ2n) is 5.28. The van der Waals surface area contributed by atoms with Crippen molar-refractivity contribution in [1.82, 2.24) is 10.2 Å². The lowest BCUT2D eigenvalue weighted by Crippen LogP contribution is -2.44. The van der Waals surface area contributed by atoms with Crippen molar-refractivity contribution < 1.29 is 14.6 Å². The zero-order valence-corrected chi connectivity index (χ0v) is 11.7. The average Bonchev–Trinajstić information content (AvgIpc) is 2.64. The fraction of sp³-hybridized carbons (Fsp3) is 0.923. The summed E-state index contributed by atoms with van der Waals surface area (Å²) in [6, 6.07) is 0.383. The maximum atomic E-state index is 11.8. The molecule has 0 saturated carbocycles. The molecule has 1 saturated heterocycles. The predicted octanol–water partition coefficient (Wildman–Crippen LogP) is 0.373. The molecule has 0 aromatic carbocycles. The molecule has 0 bridgehead atoms. The van der Waals surface area contributed by atoms with Gasteiger partial charge < -0.3 is 15.2 Å². The van der Waals surface area contributed by atoms with Crippen molar-refractivity contribution in [1.29, 1.82) is 0 Å². The highest BCUT2D eigenvalue weighted by Gasteiger charge is 2.27. The summed E-state index contributed by atoms with van der Waals surface area (Å²) >= 11 is 0. The zero-order chi connectivity index (χ0) is 13.5. The topological polar surface area (TPSA) is 61.8 Å². The van der Waals surface area contributed by atoms with E-state index in [0.717, 1.165) is 25.8 Å². The Morgan fingerprint density at radius 1 is 1.56 bits per heavy atom. The van der Waals surface area contributed by atoms with Crippen LogP contribution in [0.2, 0.25) is 0 Å². The minimum Gasteiger partial charge on any atom is -0.393 e. The van der Waals surface area contributed by atoms with E-state index in [0.29, 0.717) is 19.2 Å². The Morgan fingerprint density at radius 2 is 2.28 bits per heavy atom. The molecule has 5 heteroatoms. The molecule has 0 aliphatic carbocycles. The van der Waals surface area contributed by atoms with E-state index in [2.05, 4.69) is 10.2 Å². The summed E-state index contributed by atoms with van der Waals surface area (Å²) in [5.41, 5.74) is 0. The van der Waals surface area contributed by atoms with Crippen LogP contribution >= 0.6 is 0 Å². The van der Waals surface area contributed by atoms with E-state index >= 15 is 0 Å². The Morgan fingerprint density at radius 3 is 2.89 bits per heavy atom. The van der Waals surface area contributed by atoms with Crippen LogP contribution in [-0.4, -0.2) is 60.9 Å². The Kier molecular flexibility index (Phi) is 6.60. The van der Waals surface area contributed by atoms with E-state index in [-0.39, 0.29) is 18.1 Å². The second-order valence-corrected chi connectivity index (χ2v) is 5.28. The van der Waals surface area contributed by atoms with Crippen LogP contribution in [0.25, 0.3) is 0 Å². The summed E-state index contributed by atoms with van der Waals surface area (Å²) in [7, 11) is 1.63. The number of ether oxygens (including phenoxy) is 1. The van der Waals surface area contributed by atoms with Gasteiger partial charge in [0.2, 0.25) is 5.91 Å². The van der Waals surface area contributed by atoms with Gasteiger partial charge in [0.25, 0.3) is 0 Å². The number of methoxy groups -OCH3 is 1. The number of aliphatic hydroxyl groups is 1. The smallest absolute Gasteiger partial charge is 0.234 e. The molecule has 0 aromatic rings. The number of hydrogen-bond acceptors (Lipinski definition) is 4. The van der Waals surface area contributed by atoms with Gasteiger partial charge in [0.15, 0.2) is 0 Å². The van der Waals surface area contributed by atoms with Crippen LogP contribution in [0.15, 0.2) is 0 Å². The molecule has 1 heterocycles. The highest BCUT2D eigenvalue weighted by Crippen LogP contribution is 2.20. The SMILES string of the molecule is COCC(C)NC(=O)CN1CCCC1CC(C)O. The maximum Gasteiger partial charge on any atom is 0.234 e. The van der Waals surface area contributed by atoms with Gasteiger partial charge in [0.05, 0.1) is 19.3 Å². The van der Waals surface area contributed by atoms with Crippen molar-refractivity contribution in [2.75, 3.05) is 26.8 Å². The standard InChI is InChI=1S/C13H26N2O3/c1-10(9-18-3)14-13(17)8-15-6-4-5-12(15)7-11(2)16/h10-12,16H,4-9H2,1-3H3,(H,14,17). The number of carbonyl (C=O) groups is 1. The van der Waals surface area contributed by atoms with E-state index in [1.165, 1.54) is 0 Å². The van der Waals surface area contributed by atoms with Gasteiger partial charge in [-0.3, -0.25) is 9.69 Å². The van der Waals surface area contributed by atoms with E-state index in [1.54, 1.807) is 14.0 Å². The second kappa shape index (κ2) is 7.71. The molecule has 1 amide bonds. The molecule has 0 radical (unpaired) electrons. The zero-order valence-electron chi connectivity index (χ0n) is 11.7. The molecular formula is C13H26N2O3. The molecule has 1 aliphatic heterocycles. The van der Waals surface area contributed by atoms with Gasteiger partial charge in [0, 0.05) is 19.2 Å². The molecule has 18 heavy (non-hydrogen) atoms. The highest BCUT2D eigenvalue weighted by atomic mass is 16.5. The lowest BCUT2D eigenvalue weighted by atomic mass is 10.1. The molecule has 1 rings (SSSR count). The molecule has 5 nitrogen and oxygen atoms in total. The number of rotatable bonds is 7. The third kappa shape index (κ3) is 5.33. The highest BCUT2D eigenvalue weighted by molar-refractivity contribution is 5.78. The van der Waals surface area contributed by atoms with Crippen LogP contribution in [0.1, 0.15) is 33.1 Å². The van der Waals surface area contributed by atoms with Crippen LogP contribution in [0, 0.1) is 0 Å². The molecule has 0 aromatic heterocycles. The normalized spacial score (nSPS) is 23.9. The summed E-state index contributed by atoms with van der Waals surface area (Å²) in [5.74, 6) is 0.0389. The number of nitrogens with one attached hydrogen (secondary N) is 1. The number of amides is 1. The third-order valence-electron chi connectivity index (χ3n) is 3.28. The van der Waals surface area contributed by atoms with Crippen molar-refractivity contribution in [2.24, 2.45) is 0 Å². The minimum atomic E-state index is -0.300. The molecule has 106 valence electrons. The van der Waals surface area contributed by atoms with Gasteiger partial charge in [-0.2, -0.15) is 0 Å². The van der Waals surface area contributed by atoms with Crippen LogP contribution in [0.5, 0.6) is 0 Å². The summed E-state index contributed by atoms with van der Waals surface area (Å²) in [5, 5.41) is 12.3. The number of carbonyl (C=O) groups excluding carboxylic acids is 1. The Labute approximate surface area is 109 Å². The third-order valence-corrected chi connectivity index (χ3v) is 3.28. The van der Waals surface area contributed by atoms with Gasteiger partial charge >= 0.3 is 0 Å². The van der Waals surface area contributed by atoms with Gasteiger partial charge in [0.1, 0.15) is 0 Å². The predicted molar refractivity (Wildman–Crippen MR) is 70.4 cm³/mol. The monoisotopic (exact) mass is 258 g/mol. The number of hydrogen-bond donors (Lipinski definition) is 2. The van der Waals surface area contributed by atoms with Crippen LogP contribution in [0.3, 0.4) is 0 Å². The number of nitrogens with zero attached hydrogens (tertiary/aromatic N) is 1. The van der Waals surface area contributed by atoms with Gasteiger partial charge in [-0.25, -0.2) is 0 Å². The van der Waals surface area contributed by atoms with Crippen LogP contribution in [0.4, 0.5) is 0 Å². The fourth-order valence-corrected chi connectivity index (χ4v) is 2.56. The minimum absolute atomic E-state index is 0.0389. The lowest BCUT2D eigenvalue weighted by molar-refractivity contribution is -0.123. The Bertz CT molecular complexity index is 259. The van der Waals surface area contributed by atoms with E-state index < -0.39 is 0 Å². The van der Waals surface area contributed by atoms with Gasteiger partial charge in [-0.15, -0.1) is 0 Å². The first-order valence-corrected chi connectivity index (χ1v) is 6.73. The lowest BCUT2D eigenvalue weighted by Gasteiger charge is -2.25. The Balaban J connectivity index is 2.33. The summed E-state index contributed by atoms with van der Waals surface area (Å²) in [4.78, 5) is 14.0. The van der Waals surface area contributed by atoms with Crippen LogP contribution in [-0.2, 0) is 9.53 Å². The molecular weight excluding hydrogens is 232 g/mol. The first kappa shape index (κ1) is 15.4. The maximum absolute atomic E-state index is 11.8. The molecule has 3 unspecified atom stereocenters. The number of likely N-dealkylation sites (tertiary alicyclic amines) is 1. The van der Waals surface area contributed by atoms with Crippen molar-refractivity contribution >= 4 is 5.91 Å². The summed E-state index contributed by atoms with van der Waals surface area (Å²) in [6.07, 6.45) is 2.64. The number of aliphatic hydroxyl groups excluding tert-OH is 1. The summed E-state index contributed by atoms with van der Waals surface area (Å²) in [6.45, 7) is 5.63. The van der Waals surface area contributed by atoms with Crippen molar-refractivity contribution in [3.8, 4) is 0 Å². The average molecular weight is 258 g/mol. The van der Waals surface area contributed by atoms with Crippen molar-refractivity contribution in [2.45, 2.75) is 51.3 Å². The quantitative estimate of drug-likeness (QED) is 0.693. The Hall–Kier alpha value is -0.650. The van der Waals surface area contributed by atoms with E-state index in [9.17, 15) is 9.90 Å². The fourth-order valence-electron chi connectivity index (χ4n) is 2.56. The van der Waals surface area contributed by atoms with Crippen molar-refractivity contribution in [3.05, 3.63) is 0 Å². The van der Waals surface area contributed by atoms with E-state index in [1.807, 2.05) is 6.92 Å². The molecule has 0 spiro atoms. The van der Waals surface area contributed by atoms with E-state index in [4.69, 9.17) is 4.74 Å². The molecule has 3 atom stereocenters. The molecule has 2 N–H and O–H groups in total. The van der Waals surface area contributed by atoms with Crippen LogP contribution < -0.4 is 5.32 Å². The van der Waals surface area contributed by atoms with Gasteiger partial charge in [-0.1, -0.05) is 0 Å². The van der Waals surface area contributed by atoms with Gasteiger partial charge in [-0.05, 0) is 39.7 Å².